The van der Waals surface area contributed by atoms with Crippen LogP contribution in [0.25, 0.3) is 0 Å². The van der Waals surface area contributed by atoms with E-state index in [4.69, 9.17) is 9.15 Å². The molecule has 8 nitrogen and oxygen atoms in total. The number of rotatable bonds is 7. The maximum absolute atomic E-state index is 13.2. The number of amides is 4. The van der Waals surface area contributed by atoms with Gasteiger partial charge in [0.1, 0.15) is 17.0 Å². The van der Waals surface area contributed by atoms with E-state index < -0.39 is 11.6 Å². The van der Waals surface area contributed by atoms with Crippen molar-refractivity contribution in [2.45, 2.75) is 25.6 Å². The SMILES string of the molecule is COc1ccc(C2(C)NC(=O)N(Cc3cccc(C(=O)NCc4ccco4)c3)C2=O)cc1. The van der Waals surface area contributed by atoms with Crippen LogP contribution in [0.2, 0.25) is 0 Å². The largest absolute Gasteiger partial charge is 0.497 e. The van der Waals surface area contributed by atoms with Gasteiger partial charge in [-0.15, -0.1) is 0 Å². The Morgan fingerprint density at radius 2 is 1.91 bits per heavy atom. The number of furan rings is 1. The molecular weight excluding hydrogens is 410 g/mol. The molecule has 1 saturated heterocycles. The van der Waals surface area contributed by atoms with Crippen LogP contribution in [-0.4, -0.2) is 29.9 Å². The van der Waals surface area contributed by atoms with Gasteiger partial charge in [-0.1, -0.05) is 24.3 Å². The number of imide groups is 1. The van der Waals surface area contributed by atoms with E-state index in [-0.39, 0.29) is 24.9 Å². The number of ether oxygens (including phenoxy) is 1. The maximum Gasteiger partial charge on any atom is 0.325 e. The van der Waals surface area contributed by atoms with Gasteiger partial charge in [0.05, 0.1) is 26.5 Å². The van der Waals surface area contributed by atoms with Gasteiger partial charge in [-0.25, -0.2) is 4.79 Å². The highest BCUT2D eigenvalue weighted by Crippen LogP contribution is 2.31. The van der Waals surface area contributed by atoms with E-state index in [2.05, 4.69) is 10.6 Å². The highest BCUT2D eigenvalue weighted by molar-refractivity contribution is 6.07. The van der Waals surface area contributed by atoms with Crippen molar-refractivity contribution in [1.82, 2.24) is 15.5 Å². The van der Waals surface area contributed by atoms with Gasteiger partial charge in [0.2, 0.25) is 0 Å². The number of hydrogen-bond donors (Lipinski definition) is 2. The molecule has 2 aromatic carbocycles. The zero-order valence-corrected chi connectivity index (χ0v) is 17.8. The summed E-state index contributed by atoms with van der Waals surface area (Å²) >= 11 is 0. The van der Waals surface area contributed by atoms with E-state index >= 15 is 0 Å². The highest BCUT2D eigenvalue weighted by Gasteiger charge is 2.48. The van der Waals surface area contributed by atoms with Crippen LogP contribution in [-0.2, 0) is 23.4 Å². The minimum Gasteiger partial charge on any atom is -0.497 e. The Bertz CT molecular complexity index is 1140. The molecule has 3 aromatic rings. The number of methoxy groups -OCH3 is 1. The standard InChI is InChI=1S/C24H23N3O5/c1-24(18-8-10-19(31-2)11-9-18)22(29)27(23(30)26-24)15-16-5-3-6-17(13-16)21(28)25-14-20-7-4-12-32-20/h3-13H,14-15H2,1-2H3,(H,25,28)(H,26,30). The van der Waals surface area contributed by atoms with Gasteiger partial charge in [0.15, 0.2) is 0 Å². The van der Waals surface area contributed by atoms with Crippen LogP contribution < -0.4 is 15.4 Å². The van der Waals surface area contributed by atoms with Gasteiger partial charge in [-0.05, 0) is 54.4 Å². The minimum absolute atomic E-state index is 0.0513. The Morgan fingerprint density at radius 3 is 2.59 bits per heavy atom. The number of carbonyl (C=O) groups excluding carboxylic acids is 3. The third kappa shape index (κ3) is 4.07. The van der Waals surface area contributed by atoms with Crippen LogP contribution in [0.5, 0.6) is 5.75 Å². The molecule has 1 aliphatic heterocycles. The fourth-order valence-electron chi connectivity index (χ4n) is 3.64. The van der Waals surface area contributed by atoms with E-state index in [1.54, 1.807) is 81.0 Å². The average molecular weight is 433 g/mol. The van der Waals surface area contributed by atoms with Gasteiger partial charge < -0.3 is 19.8 Å². The average Bonchev–Trinajstić information content (AvgIpc) is 3.41. The van der Waals surface area contributed by atoms with Crippen molar-refractivity contribution in [3.05, 3.63) is 89.4 Å². The Labute approximate surface area is 185 Å². The molecular formula is C24H23N3O5. The molecule has 0 saturated carbocycles. The maximum atomic E-state index is 13.2. The molecule has 2 heterocycles. The predicted octanol–water partition coefficient (Wildman–Crippen LogP) is 3.19. The van der Waals surface area contributed by atoms with E-state index in [9.17, 15) is 14.4 Å². The second-order valence-corrected chi connectivity index (χ2v) is 7.64. The fraction of sp³-hybridized carbons (Fsp3) is 0.208. The molecule has 1 aromatic heterocycles. The lowest BCUT2D eigenvalue weighted by Crippen LogP contribution is -2.40. The lowest BCUT2D eigenvalue weighted by atomic mass is 9.92. The summed E-state index contributed by atoms with van der Waals surface area (Å²) in [5.41, 5.74) is 0.573. The van der Waals surface area contributed by atoms with Gasteiger partial charge in [-0.2, -0.15) is 0 Å². The van der Waals surface area contributed by atoms with Crippen LogP contribution in [0.3, 0.4) is 0 Å². The van der Waals surface area contributed by atoms with Crippen molar-refractivity contribution in [2.24, 2.45) is 0 Å². The second-order valence-electron chi connectivity index (χ2n) is 7.64. The smallest absolute Gasteiger partial charge is 0.325 e. The van der Waals surface area contributed by atoms with Crippen molar-refractivity contribution < 1.29 is 23.5 Å². The summed E-state index contributed by atoms with van der Waals surface area (Å²) in [7, 11) is 1.56. The van der Waals surface area contributed by atoms with Crippen LogP contribution in [0.4, 0.5) is 4.79 Å². The molecule has 32 heavy (non-hydrogen) atoms. The van der Waals surface area contributed by atoms with Crippen LogP contribution >= 0.6 is 0 Å². The summed E-state index contributed by atoms with van der Waals surface area (Å²) < 4.78 is 10.4. The third-order valence-electron chi connectivity index (χ3n) is 5.48. The molecule has 1 aliphatic rings. The third-order valence-corrected chi connectivity index (χ3v) is 5.48. The van der Waals surface area contributed by atoms with Gasteiger partial charge in [-0.3, -0.25) is 14.5 Å². The summed E-state index contributed by atoms with van der Waals surface area (Å²) in [5, 5.41) is 5.57. The normalized spacial score (nSPS) is 17.9. The van der Waals surface area contributed by atoms with Gasteiger partial charge in [0.25, 0.3) is 11.8 Å². The minimum atomic E-state index is -1.18. The molecule has 0 bridgehead atoms. The van der Waals surface area contributed by atoms with Crippen LogP contribution in [0.15, 0.2) is 71.3 Å². The molecule has 8 heteroatoms. The monoisotopic (exact) mass is 433 g/mol. The van der Waals surface area contributed by atoms with Crippen molar-refractivity contribution in [1.29, 1.82) is 0 Å². The molecule has 164 valence electrons. The summed E-state index contributed by atoms with van der Waals surface area (Å²) in [6.45, 7) is 1.99. The molecule has 4 rings (SSSR count). The zero-order chi connectivity index (χ0) is 22.7. The Kier molecular flexibility index (Phi) is 5.68. The van der Waals surface area contributed by atoms with Gasteiger partial charge in [0, 0.05) is 5.56 Å². The Hall–Kier alpha value is -4.07. The first kappa shape index (κ1) is 21.2. The fourth-order valence-corrected chi connectivity index (χ4v) is 3.64. The van der Waals surface area contributed by atoms with Crippen molar-refractivity contribution in [2.75, 3.05) is 7.11 Å². The predicted molar refractivity (Wildman–Crippen MR) is 116 cm³/mol. The first-order chi connectivity index (χ1) is 15.4. The number of benzene rings is 2. The van der Waals surface area contributed by atoms with E-state index in [1.807, 2.05) is 0 Å². The summed E-state index contributed by atoms with van der Waals surface area (Å²) in [5.74, 6) is 0.670. The molecule has 2 N–H and O–H groups in total. The number of urea groups is 1. The van der Waals surface area contributed by atoms with Crippen molar-refractivity contribution in [3.63, 3.8) is 0 Å². The number of hydrogen-bond acceptors (Lipinski definition) is 5. The van der Waals surface area contributed by atoms with E-state index in [0.717, 1.165) is 4.90 Å². The topological polar surface area (TPSA) is 101 Å². The molecule has 1 fully saturated rings. The quantitative estimate of drug-likeness (QED) is 0.558. The first-order valence-electron chi connectivity index (χ1n) is 10.1. The summed E-state index contributed by atoms with van der Waals surface area (Å²) in [6, 6.07) is 16.9. The zero-order valence-electron chi connectivity index (χ0n) is 17.8. The Morgan fingerprint density at radius 1 is 1.12 bits per heavy atom. The molecule has 0 aliphatic carbocycles. The van der Waals surface area contributed by atoms with Crippen LogP contribution in [0, 0.1) is 0 Å². The lowest BCUT2D eigenvalue weighted by molar-refractivity contribution is -0.131. The summed E-state index contributed by atoms with van der Waals surface area (Å²) in [6.07, 6.45) is 1.54. The molecule has 4 amide bonds. The molecule has 1 unspecified atom stereocenters. The van der Waals surface area contributed by atoms with Crippen LogP contribution in [0.1, 0.15) is 34.2 Å². The van der Waals surface area contributed by atoms with Gasteiger partial charge >= 0.3 is 6.03 Å². The van der Waals surface area contributed by atoms with Crippen molar-refractivity contribution in [3.8, 4) is 5.75 Å². The second kappa shape index (κ2) is 8.58. The molecule has 1 atom stereocenters. The lowest BCUT2D eigenvalue weighted by Gasteiger charge is -2.22. The number of carbonyl (C=O) groups is 3. The molecule has 0 spiro atoms. The van der Waals surface area contributed by atoms with E-state index in [0.29, 0.717) is 28.2 Å². The van der Waals surface area contributed by atoms with E-state index in [1.165, 1.54) is 0 Å². The number of nitrogens with one attached hydrogen (secondary N) is 2. The summed E-state index contributed by atoms with van der Waals surface area (Å²) in [4.78, 5) is 39.4. The number of nitrogens with zero attached hydrogens (tertiary/aromatic N) is 1. The first-order valence-corrected chi connectivity index (χ1v) is 10.1. The Balaban J connectivity index is 1.47. The molecule has 0 radical (unpaired) electrons. The van der Waals surface area contributed by atoms with Crippen molar-refractivity contribution >= 4 is 17.8 Å². The highest BCUT2D eigenvalue weighted by atomic mass is 16.5.